The third kappa shape index (κ3) is 5.22. The van der Waals surface area contributed by atoms with Gasteiger partial charge in [-0.1, -0.05) is 35.9 Å². The van der Waals surface area contributed by atoms with Crippen LogP contribution in [-0.2, 0) is 0 Å². The van der Waals surface area contributed by atoms with Crippen molar-refractivity contribution in [3.05, 3.63) is 107 Å². The number of aryl methyl sites for hydroxylation is 1. The molecule has 1 aliphatic heterocycles. The van der Waals surface area contributed by atoms with Gasteiger partial charge < -0.3 is 24.8 Å². The molecule has 2 aromatic carbocycles. The molecule has 4 aromatic rings. The maximum atomic E-state index is 6.40. The second kappa shape index (κ2) is 11.5. The number of nitrogens with one attached hydrogen (secondary N) is 2. The molecule has 0 aliphatic carbocycles. The number of pyridine rings is 1. The second-order valence-electron chi connectivity index (χ2n) is 9.44. The molecule has 8 heteroatoms. The van der Waals surface area contributed by atoms with Crippen LogP contribution in [0.4, 0.5) is 5.69 Å². The van der Waals surface area contributed by atoms with Crippen LogP contribution in [0.15, 0.2) is 79.0 Å². The molecule has 2 atom stereocenters. The largest absolute Gasteiger partial charge is 0.495 e. The van der Waals surface area contributed by atoms with Crippen molar-refractivity contribution in [1.82, 2.24) is 19.8 Å². The molecule has 196 valence electrons. The van der Waals surface area contributed by atoms with Gasteiger partial charge in [-0.15, -0.1) is 0 Å². The Labute approximate surface area is 234 Å². The quantitative estimate of drug-likeness (QED) is 0.182. The Balaban J connectivity index is 1.49. The van der Waals surface area contributed by atoms with Crippen LogP contribution in [0.5, 0.6) is 5.75 Å². The van der Waals surface area contributed by atoms with Gasteiger partial charge in [-0.05, 0) is 86.6 Å². The maximum Gasteiger partial charge on any atom is 0.170 e. The lowest BCUT2D eigenvalue weighted by molar-refractivity contribution is 0.315. The van der Waals surface area contributed by atoms with Crippen molar-refractivity contribution >= 4 is 34.6 Å². The van der Waals surface area contributed by atoms with Gasteiger partial charge in [0.05, 0.1) is 30.6 Å². The minimum absolute atomic E-state index is 0.0146. The highest BCUT2D eigenvalue weighted by atomic mass is 35.5. The number of anilines is 1. The highest BCUT2D eigenvalue weighted by Crippen LogP contribution is 2.42. The van der Waals surface area contributed by atoms with Crippen molar-refractivity contribution in [2.45, 2.75) is 32.4 Å². The standard InChI is InChI=1S/C30H32ClN5OS/c1-20-18-24(21(2)36(20)26-19-22(31)13-14-27(26)37-3)29-28(25-12-7-8-15-33-25)34-30(38)35(29)17-9-16-32-23-10-5-4-6-11-23/h4-8,10-15,18-19,28-29,32H,9,16-17H2,1-3H3,(H,34,38)/t28-,29-/m0/s1. The van der Waals surface area contributed by atoms with Crippen molar-refractivity contribution in [3.63, 3.8) is 0 Å². The van der Waals surface area contributed by atoms with E-state index in [2.05, 4.69) is 58.2 Å². The van der Waals surface area contributed by atoms with Crippen molar-refractivity contribution in [2.24, 2.45) is 0 Å². The van der Waals surface area contributed by atoms with E-state index in [0.717, 1.165) is 58.8 Å². The topological polar surface area (TPSA) is 54.4 Å². The van der Waals surface area contributed by atoms with E-state index in [1.54, 1.807) is 7.11 Å². The summed E-state index contributed by atoms with van der Waals surface area (Å²) in [6.45, 7) is 5.92. The van der Waals surface area contributed by atoms with Gasteiger partial charge in [-0.25, -0.2) is 0 Å². The number of thiocarbonyl (C=S) groups is 1. The van der Waals surface area contributed by atoms with Crippen LogP contribution in [0.1, 0.15) is 41.1 Å². The molecule has 1 fully saturated rings. The lowest BCUT2D eigenvalue weighted by Gasteiger charge is -2.28. The molecular formula is C30H32ClN5OS. The molecule has 2 N–H and O–H groups in total. The minimum atomic E-state index is -0.0685. The number of hydrogen-bond donors (Lipinski definition) is 2. The SMILES string of the molecule is COc1ccc(Cl)cc1-n1c(C)cc([C@H]2[C@H](c3ccccn3)NC(=S)N2CCCNc2ccccc2)c1C. The van der Waals surface area contributed by atoms with Crippen LogP contribution in [0.25, 0.3) is 5.69 Å². The molecule has 2 aromatic heterocycles. The van der Waals surface area contributed by atoms with E-state index in [1.165, 1.54) is 5.56 Å². The third-order valence-electron chi connectivity index (χ3n) is 7.05. The lowest BCUT2D eigenvalue weighted by Crippen LogP contribution is -2.31. The monoisotopic (exact) mass is 545 g/mol. The predicted octanol–water partition coefficient (Wildman–Crippen LogP) is 6.63. The van der Waals surface area contributed by atoms with Gasteiger partial charge >= 0.3 is 0 Å². The molecule has 3 heterocycles. The first-order valence-electron chi connectivity index (χ1n) is 12.8. The van der Waals surface area contributed by atoms with Crippen molar-refractivity contribution < 1.29 is 4.74 Å². The van der Waals surface area contributed by atoms with Gasteiger partial charge in [0.1, 0.15) is 5.75 Å². The summed E-state index contributed by atoms with van der Waals surface area (Å²) in [6, 6.07) is 24.2. The molecule has 1 saturated heterocycles. The Morgan fingerprint density at radius 1 is 1.05 bits per heavy atom. The molecule has 0 radical (unpaired) electrons. The minimum Gasteiger partial charge on any atom is -0.495 e. The number of ether oxygens (including phenoxy) is 1. The van der Waals surface area contributed by atoms with Gasteiger partial charge in [0.25, 0.3) is 0 Å². The number of para-hydroxylation sites is 1. The first-order valence-corrected chi connectivity index (χ1v) is 13.6. The van der Waals surface area contributed by atoms with E-state index in [0.29, 0.717) is 5.02 Å². The summed E-state index contributed by atoms with van der Waals surface area (Å²) in [4.78, 5) is 7.00. The fraction of sp³-hybridized carbons (Fsp3) is 0.267. The van der Waals surface area contributed by atoms with E-state index in [9.17, 15) is 0 Å². The Bertz CT molecular complexity index is 1410. The summed E-state index contributed by atoms with van der Waals surface area (Å²) >= 11 is 12.3. The predicted molar refractivity (Wildman–Crippen MR) is 159 cm³/mol. The summed E-state index contributed by atoms with van der Waals surface area (Å²) in [5.41, 5.74) is 6.42. The zero-order chi connectivity index (χ0) is 26.6. The molecule has 0 spiro atoms. The number of halogens is 1. The second-order valence-corrected chi connectivity index (χ2v) is 10.3. The Kier molecular flexibility index (Phi) is 7.86. The van der Waals surface area contributed by atoms with Gasteiger partial charge in [-0.2, -0.15) is 0 Å². The average molecular weight is 546 g/mol. The fourth-order valence-corrected chi connectivity index (χ4v) is 5.82. The molecule has 6 nitrogen and oxygen atoms in total. The summed E-state index contributed by atoms with van der Waals surface area (Å²) in [6.07, 6.45) is 2.77. The van der Waals surface area contributed by atoms with Crippen LogP contribution >= 0.6 is 23.8 Å². The van der Waals surface area contributed by atoms with Crippen LogP contribution in [0, 0.1) is 13.8 Å². The molecule has 0 amide bonds. The molecule has 1 aliphatic rings. The van der Waals surface area contributed by atoms with E-state index in [-0.39, 0.29) is 12.1 Å². The van der Waals surface area contributed by atoms with Crippen molar-refractivity contribution in [3.8, 4) is 11.4 Å². The molecule has 5 rings (SSSR count). The van der Waals surface area contributed by atoms with E-state index in [4.69, 9.17) is 33.5 Å². The number of benzene rings is 2. The van der Waals surface area contributed by atoms with Gasteiger partial charge in [-0.3, -0.25) is 4.98 Å². The Hall–Kier alpha value is -3.55. The van der Waals surface area contributed by atoms with Crippen LogP contribution in [-0.4, -0.2) is 39.8 Å². The summed E-state index contributed by atoms with van der Waals surface area (Å²) in [5, 5.41) is 8.50. The molecule has 0 bridgehead atoms. The number of hydrogen-bond acceptors (Lipinski definition) is 4. The van der Waals surface area contributed by atoms with E-state index in [1.807, 2.05) is 54.7 Å². The first kappa shape index (κ1) is 26.1. The first-order chi connectivity index (χ1) is 18.5. The smallest absolute Gasteiger partial charge is 0.170 e. The Morgan fingerprint density at radius 2 is 1.84 bits per heavy atom. The highest BCUT2D eigenvalue weighted by Gasteiger charge is 2.41. The molecule has 0 saturated carbocycles. The van der Waals surface area contributed by atoms with Gasteiger partial charge in [0.2, 0.25) is 0 Å². The molecule has 38 heavy (non-hydrogen) atoms. The van der Waals surface area contributed by atoms with Gasteiger partial charge in [0, 0.05) is 41.4 Å². The number of aromatic nitrogens is 2. The fourth-order valence-electron chi connectivity index (χ4n) is 5.32. The summed E-state index contributed by atoms with van der Waals surface area (Å²) in [7, 11) is 1.68. The third-order valence-corrected chi connectivity index (χ3v) is 7.63. The van der Waals surface area contributed by atoms with Crippen molar-refractivity contribution in [1.29, 1.82) is 0 Å². The molecule has 0 unspecified atom stereocenters. The number of rotatable bonds is 9. The highest BCUT2D eigenvalue weighted by molar-refractivity contribution is 7.80. The maximum absolute atomic E-state index is 6.40. The molecular weight excluding hydrogens is 514 g/mol. The lowest BCUT2D eigenvalue weighted by atomic mass is 9.96. The van der Waals surface area contributed by atoms with Crippen molar-refractivity contribution in [2.75, 3.05) is 25.5 Å². The van der Waals surface area contributed by atoms with Gasteiger partial charge in [0.15, 0.2) is 5.11 Å². The number of methoxy groups -OCH3 is 1. The van der Waals surface area contributed by atoms with E-state index >= 15 is 0 Å². The normalized spacial score (nSPS) is 16.9. The zero-order valence-corrected chi connectivity index (χ0v) is 23.4. The summed E-state index contributed by atoms with van der Waals surface area (Å²) in [5.74, 6) is 0.771. The Morgan fingerprint density at radius 3 is 2.58 bits per heavy atom. The van der Waals surface area contributed by atoms with Crippen LogP contribution < -0.4 is 15.4 Å². The van der Waals surface area contributed by atoms with E-state index < -0.39 is 0 Å². The van der Waals surface area contributed by atoms with Crippen LogP contribution in [0.2, 0.25) is 5.02 Å². The zero-order valence-electron chi connectivity index (χ0n) is 21.8. The average Bonchev–Trinajstić information content (AvgIpc) is 3.41. The summed E-state index contributed by atoms with van der Waals surface area (Å²) < 4.78 is 7.90. The number of nitrogens with zero attached hydrogens (tertiary/aromatic N) is 3. The van der Waals surface area contributed by atoms with Crippen LogP contribution in [0.3, 0.4) is 0 Å².